The van der Waals surface area contributed by atoms with Crippen molar-refractivity contribution in [3.63, 3.8) is 0 Å². The quantitative estimate of drug-likeness (QED) is 0.841. The van der Waals surface area contributed by atoms with Gasteiger partial charge in [0.05, 0.1) is 5.69 Å². The Labute approximate surface area is 103 Å². The Kier molecular flexibility index (Phi) is 2.79. The Morgan fingerprint density at radius 2 is 2.00 bits per heavy atom. The van der Waals surface area contributed by atoms with Gasteiger partial charge < -0.3 is 4.98 Å². The van der Waals surface area contributed by atoms with Gasteiger partial charge >= 0.3 is 5.69 Å². The Hall–Kier alpha value is -1.62. The minimum Gasteiger partial charge on any atom is -0.307 e. The van der Waals surface area contributed by atoms with Crippen LogP contribution in [0, 0.1) is 0 Å². The lowest BCUT2D eigenvalue weighted by molar-refractivity contribution is 0.367. The molecule has 0 aliphatic carbocycles. The largest absolute Gasteiger partial charge is 0.329 e. The van der Waals surface area contributed by atoms with Crippen LogP contribution in [0.1, 0.15) is 20.8 Å². The van der Waals surface area contributed by atoms with Gasteiger partial charge in [0.2, 0.25) is 0 Å². The number of rotatable bonds is 1. The molecular weight excluding hydrogens is 236 g/mol. The molecule has 1 N–H and O–H groups in total. The number of hydrogen-bond donors (Lipinski definition) is 1. The van der Waals surface area contributed by atoms with Gasteiger partial charge in [-0.15, -0.1) is 0 Å². The SMILES string of the molecule is CC(C)(C)n1c(=O)cc(-c2ccsc2)[nH]c1=O. The van der Waals surface area contributed by atoms with Crippen LogP contribution in [0.25, 0.3) is 11.3 Å². The van der Waals surface area contributed by atoms with Crippen LogP contribution in [0.15, 0.2) is 32.5 Å². The number of aromatic nitrogens is 2. The molecule has 0 aliphatic rings. The van der Waals surface area contributed by atoms with Crippen molar-refractivity contribution in [2.24, 2.45) is 0 Å². The molecule has 0 atom stereocenters. The highest BCUT2D eigenvalue weighted by Gasteiger charge is 2.18. The van der Waals surface area contributed by atoms with Crippen LogP contribution in [-0.4, -0.2) is 9.55 Å². The molecule has 0 aromatic carbocycles. The third-order valence-corrected chi connectivity index (χ3v) is 3.12. The van der Waals surface area contributed by atoms with E-state index in [2.05, 4.69) is 4.98 Å². The van der Waals surface area contributed by atoms with E-state index in [0.29, 0.717) is 5.69 Å². The molecule has 4 nitrogen and oxygen atoms in total. The summed E-state index contributed by atoms with van der Waals surface area (Å²) in [6.07, 6.45) is 0. The molecule has 0 aliphatic heterocycles. The summed E-state index contributed by atoms with van der Waals surface area (Å²) in [6.45, 7) is 5.48. The van der Waals surface area contributed by atoms with Crippen LogP contribution in [0.2, 0.25) is 0 Å². The molecule has 0 fully saturated rings. The molecule has 0 spiro atoms. The first-order valence-electron chi connectivity index (χ1n) is 5.29. The third-order valence-electron chi connectivity index (χ3n) is 2.44. The second kappa shape index (κ2) is 4.00. The molecule has 2 rings (SSSR count). The minimum absolute atomic E-state index is 0.276. The van der Waals surface area contributed by atoms with Crippen molar-refractivity contribution in [1.29, 1.82) is 0 Å². The number of aromatic amines is 1. The van der Waals surface area contributed by atoms with Crippen molar-refractivity contribution in [1.82, 2.24) is 9.55 Å². The van der Waals surface area contributed by atoms with Crippen LogP contribution in [0.3, 0.4) is 0 Å². The van der Waals surface area contributed by atoms with Crippen LogP contribution in [-0.2, 0) is 5.54 Å². The molecule has 0 saturated carbocycles. The summed E-state index contributed by atoms with van der Waals surface area (Å²) in [4.78, 5) is 26.6. The lowest BCUT2D eigenvalue weighted by atomic mass is 10.1. The minimum atomic E-state index is -0.516. The predicted octanol–water partition coefficient (Wildman–Crippen LogP) is 2.02. The van der Waals surface area contributed by atoms with Gasteiger partial charge in [0, 0.05) is 22.5 Å². The van der Waals surface area contributed by atoms with E-state index in [9.17, 15) is 9.59 Å². The average Bonchev–Trinajstić information content (AvgIpc) is 2.66. The fourth-order valence-corrected chi connectivity index (χ4v) is 2.36. The molecule has 0 amide bonds. The summed E-state index contributed by atoms with van der Waals surface area (Å²) in [7, 11) is 0. The highest BCUT2D eigenvalue weighted by molar-refractivity contribution is 7.08. The Morgan fingerprint density at radius 1 is 1.29 bits per heavy atom. The monoisotopic (exact) mass is 250 g/mol. The highest BCUT2D eigenvalue weighted by atomic mass is 32.1. The Balaban J connectivity index is 2.66. The Morgan fingerprint density at radius 3 is 2.47 bits per heavy atom. The number of H-pyrrole nitrogens is 1. The van der Waals surface area contributed by atoms with E-state index in [4.69, 9.17) is 0 Å². The number of nitrogens with one attached hydrogen (secondary N) is 1. The van der Waals surface area contributed by atoms with Crippen molar-refractivity contribution in [2.75, 3.05) is 0 Å². The fourth-order valence-electron chi connectivity index (χ4n) is 1.70. The normalized spacial score (nSPS) is 11.7. The fraction of sp³-hybridized carbons (Fsp3) is 0.333. The van der Waals surface area contributed by atoms with E-state index >= 15 is 0 Å². The van der Waals surface area contributed by atoms with Crippen molar-refractivity contribution >= 4 is 11.3 Å². The lowest BCUT2D eigenvalue weighted by Crippen LogP contribution is -2.44. The zero-order valence-corrected chi connectivity index (χ0v) is 10.8. The number of hydrogen-bond acceptors (Lipinski definition) is 3. The summed E-state index contributed by atoms with van der Waals surface area (Å²) in [5.41, 5.74) is 0.276. The van der Waals surface area contributed by atoms with Crippen LogP contribution in [0.4, 0.5) is 0 Å². The summed E-state index contributed by atoms with van der Waals surface area (Å²) >= 11 is 1.52. The highest BCUT2D eigenvalue weighted by Crippen LogP contribution is 2.17. The average molecular weight is 250 g/mol. The summed E-state index contributed by atoms with van der Waals surface area (Å²) in [5, 5.41) is 3.80. The zero-order chi connectivity index (χ0) is 12.6. The second-order valence-corrected chi connectivity index (χ2v) is 5.62. The maximum absolute atomic E-state index is 11.9. The Bertz CT molecular complexity index is 599. The van der Waals surface area contributed by atoms with E-state index in [1.807, 2.05) is 37.6 Å². The molecular formula is C12H14N2O2S. The second-order valence-electron chi connectivity index (χ2n) is 4.84. The van der Waals surface area contributed by atoms with Gasteiger partial charge in [0.15, 0.2) is 0 Å². The van der Waals surface area contributed by atoms with Gasteiger partial charge in [-0.1, -0.05) is 0 Å². The van der Waals surface area contributed by atoms with Gasteiger partial charge in [-0.2, -0.15) is 11.3 Å². The van der Waals surface area contributed by atoms with Crippen LogP contribution in [0.5, 0.6) is 0 Å². The molecule has 0 radical (unpaired) electrons. The molecule has 17 heavy (non-hydrogen) atoms. The number of thiophene rings is 1. The third kappa shape index (κ3) is 2.24. The molecule has 2 aromatic rings. The smallest absolute Gasteiger partial charge is 0.307 e. The van der Waals surface area contributed by atoms with Crippen molar-refractivity contribution < 1.29 is 0 Å². The van der Waals surface area contributed by atoms with Crippen LogP contribution >= 0.6 is 11.3 Å². The number of nitrogens with zero attached hydrogens (tertiary/aromatic N) is 1. The van der Waals surface area contributed by atoms with Crippen LogP contribution < -0.4 is 11.2 Å². The van der Waals surface area contributed by atoms with Crippen molar-refractivity contribution in [3.05, 3.63) is 43.7 Å². The van der Waals surface area contributed by atoms with E-state index < -0.39 is 5.54 Å². The molecule has 5 heteroatoms. The van der Waals surface area contributed by atoms with E-state index in [1.165, 1.54) is 22.0 Å². The zero-order valence-electron chi connectivity index (χ0n) is 9.98. The van der Waals surface area contributed by atoms with Gasteiger partial charge in [0.25, 0.3) is 5.56 Å². The van der Waals surface area contributed by atoms with E-state index in [0.717, 1.165) is 5.56 Å². The van der Waals surface area contributed by atoms with E-state index in [1.54, 1.807) is 0 Å². The van der Waals surface area contributed by atoms with Gasteiger partial charge in [0.1, 0.15) is 0 Å². The maximum Gasteiger partial charge on any atom is 0.329 e. The topological polar surface area (TPSA) is 54.9 Å². The molecule has 0 bridgehead atoms. The first-order chi connectivity index (χ1) is 7.89. The molecule has 2 heterocycles. The van der Waals surface area contributed by atoms with Crippen molar-refractivity contribution in [2.45, 2.75) is 26.3 Å². The van der Waals surface area contributed by atoms with Gasteiger partial charge in [-0.05, 0) is 32.2 Å². The summed E-state index contributed by atoms with van der Waals surface area (Å²) in [6, 6.07) is 3.34. The summed E-state index contributed by atoms with van der Waals surface area (Å²) < 4.78 is 1.23. The summed E-state index contributed by atoms with van der Waals surface area (Å²) in [5.74, 6) is 0. The van der Waals surface area contributed by atoms with Gasteiger partial charge in [-0.25, -0.2) is 4.79 Å². The molecule has 90 valence electrons. The van der Waals surface area contributed by atoms with Gasteiger partial charge in [-0.3, -0.25) is 9.36 Å². The lowest BCUT2D eigenvalue weighted by Gasteiger charge is -2.20. The van der Waals surface area contributed by atoms with Crippen molar-refractivity contribution in [3.8, 4) is 11.3 Å². The first kappa shape index (κ1) is 11.9. The molecule has 2 aromatic heterocycles. The van der Waals surface area contributed by atoms with E-state index in [-0.39, 0.29) is 11.2 Å². The standard InChI is InChI=1S/C12H14N2O2S/c1-12(2,3)14-10(15)6-9(13-11(14)16)8-4-5-17-7-8/h4-7H,1-3H3,(H,13,16). The first-order valence-corrected chi connectivity index (χ1v) is 6.23. The molecule has 0 saturated heterocycles. The molecule has 0 unspecified atom stereocenters. The predicted molar refractivity (Wildman–Crippen MR) is 69.6 cm³/mol. The maximum atomic E-state index is 11.9.